The minimum absolute atomic E-state index is 0.150. The highest BCUT2D eigenvalue weighted by Crippen LogP contribution is 2.19. The molecule has 2 N–H and O–H groups in total. The van der Waals surface area contributed by atoms with E-state index in [2.05, 4.69) is 4.98 Å². The molecular formula is C18H22N4O3. The Bertz CT molecular complexity index is 895. The molecule has 3 heterocycles. The van der Waals surface area contributed by atoms with E-state index in [0.717, 1.165) is 5.69 Å². The molecule has 1 saturated heterocycles. The van der Waals surface area contributed by atoms with Gasteiger partial charge in [0.25, 0.3) is 5.91 Å². The quantitative estimate of drug-likeness (QED) is 0.902. The van der Waals surface area contributed by atoms with Gasteiger partial charge in [-0.3, -0.25) is 14.4 Å². The second-order valence-corrected chi connectivity index (χ2v) is 6.45. The Morgan fingerprint density at radius 1 is 1.28 bits per heavy atom. The van der Waals surface area contributed by atoms with Crippen LogP contribution in [0.3, 0.4) is 0 Å². The first-order chi connectivity index (χ1) is 11.9. The summed E-state index contributed by atoms with van der Waals surface area (Å²) in [4.78, 5) is 43.0. The van der Waals surface area contributed by atoms with Gasteiger partial charge in [-0.1, -0.05) is 0 Å². The number of aromatic nitrogens is 2. The summed E-state index contributed by atoms with van der Waals surface area (Å²) in [7, 11) is 0. The minimum Gasteiger partial charge on any atom is -0.369 e. The van der Waals surface area contributed by atoms with E-state index in [9.17, 15) is 14.4 Å². The number of rotatable bonds is 3. The molecule has 1 aliphatic rings. The fourth-order valence-electron chi connectivity index (χ4n) is 3.29. The van der Waals surface area contributed by atoms with Gasteiger partial charge >= 0.3 is 0 Å². The predicted molar refractivity (Wildman–Crippen MR) is 94.2 cm³/mol. The molecule has 0 saturated carbocycles. The third-order valence-electron chi connectivity index (χ3n) is 4.82. The van der Waals surface area contributed by atoms with E-state index in [0.29, 0.717) is 43.5 Å². The fourth-order valence-corrected chi connectivity index (χ4v) is 3.29. The number of carbonyl (C=O) groups excluding carboxylic acids is 2. The first-order valence-corrected chi connectivity index (χ1v) is 8.51. The maximum absolute atomic E-state index is 12.9. The van der Waals surface area contributed by atoms with Crippen LogP contribution in [0.5, 0.6) is 0 Å². The van der Waals surface area contributed by atoms with Crippen LogP contribution in [-0.2, 0) is 11.3 Å². The first kappa shape index (κ1) is 17.1. The Morgan fingerprint density at radius 3 is 2.56 bits per heavy atom. The average Bonchev–Trinajstić information content (AvgIpc) is 2.61. The molecule has 0 aromatic carbocycles. The molecule has 3 rings (SSSR count). The highest BCUT2D eigenvalue weighted by molar-refractivity contribution is 5.97. The van der Waals surface area contributed by atoms with Crippen LogP contribution in [0.25, 0.3) is 11.0 Å². The minimum atomic E-state index is -0.326. The lowest BCUT2D eigenvalue weighted by atomic mass is 9.96. The van der Waals surface area contributed by atoms with Crippen molar-refractivity contribution in [2.45, 2.75) is 33.2 Å². The second kappa shape index (κ2) is 6.66. The van der Waals surface area contributed by atoms with Crippen LogP contribution >= 0.6 is 0 Å². The van der Waals surface area contributed by atoms with Crippen molar-refractivity contribution in [2.24, 2.45) is 11.7 Å². The van der Waals surface area contributed by atoms with E-state index >= 15 is 0 Å². The zero-order chi connectivity index (χ0) is 18.1. The van der Waals surface area contributed by atoms with E-state index in [1.54, 1.807) is 23.2 Å². The molecule has 0 atom stereocenters. The van der Waals surface area contributed by atoms with Crippen LogP contribution in [0, 0.1) is 12.8 Å². The Kier molecular flexibility index (Phi) is 4.57. The van der Waals surface area contributed by atoms with Gasteiger partial charge in [0.2, 0.25) is 11.3 Å². The largest absolute Gasteiger partial charge is 0.369 e. The first-order valence-electron chi connectivity index (χ1n) is 8.51. The van der Waals surface area contributed by atoms with Gasteiger partial charge in [0, 0.05) is 37.4 Å². The number of aryl methyl sites for hydroxylation is 2. The van der Waals surface area contributed by atoms with Crippen LogP contribution in [0.4, 0.5) is 0 Å². The summed E-state index contributed by atoms with van der Waals surface area (Å²) in [5.74, 6) is -0.815. The molecule has 1 fully saturated rings. The zero-order valence-corrected chi connectivity index (χ0v) is 14.5. The van der Waals surface area contributed by atoms with Gasteiger partial charge in [0.15, 0.2) is 0 Å². The lowest BCUT2D eigenvalue weighted by molar-refractivity contribution is -0.123. The van der Waals surface area contributed by atoms with Gasteiger partial charge < -0.3 is 15.2 Å². The summed E-state index contributed by atoms with van der Waals surface area (Å²) in [6.45, 7) is 5.29. The molecule has 0 aliphatic carbocycles. The smallest absolute Gasteiger partial charge is 0.259 e. The third kappa shape index (κ3) is 3.14. The molecular weight excluding hydrogens is 320 g/mol. The highest BCUT2D eigenvalue weighted by atomic mass is 16.2. The van der Waals surface area contributed by atoms with E-state index in [-0.39, 0.29) is 28.7 Å². The van der Waals surface area contributed by atoms with Crippen LogP contribution in [0.1, 0.15) is 35.8 Å². The standard InChI is InChI=1S/C18H22N4O3/c1-3-21-10-14(15(23)13-5-4-11(2)20-17(13)21)18(25)22-8-6-12(7-9-22)16(19)24/h4-5,10,12H,3,6-9H2,1-2H3,(H2,19,24). The van der Waals surface area contributed by atoms with E-state index < -0.39 is 0 Å². The molecule has 7 nitrogen and oxygen atoms in total. The third-order valence-corrected chi connectivity index (χ3v) is 4.82. The topological polar surface area (TPSA) is 98.3 Å². The number of hydrogen-bond donors (Lipinski definition) is 1. The van der Waals surface area contributed by atoms with Crippen molar-refractivity contribution >= 4 is 22.8 Å². The maximum Gasteiger partial charge on any atom is 0.259 e. The molecule has 2 aromatic heterocycles. The van der Waals surface area contributed by atoms with E-state index in [1.807, 2.05) is 18.4 Å². The number of nitrogens with zero attached hydrogens (tertiary/aromatic N) is 3. The fraction of sp³-hybridized carbons (Fsp3) is 0.444. The molecule has 0 radical (unpaired) electrons. The van der Waals surface area contributed by atoms with Gasteiger partial charge in [0.1, 0.15) is 11.2 Å². The van der Waals surface area contributed by atoms with Gasteiger partial charge in [-0.15, -0.1) is 0 Å². The SMILES string of the molecule is CCn1cc(C(=O)N2CCC(C(N)=O)CC2)c(=O)c2ccc(C)nc21. The molecule has 0 bridgehead atoms. The van der Waals surface area contributed by atoms with Crippen molar-refractivity contribution in [1.29, 1.82) is 0 Å². The van der Waals surface area contributed by atoms with Gasteiger partial charge in [-0.2, -0.15) is 0 Å². The average molecular weight is 342 g/mol. The number of piperidine rings is 1. The number of fused-ring (bicyclic) bond motifs is 1. The molecule has 0 spiro atoms. The number of carbonyl (C=O) groups is 2. The normalized spacial score (nSPS) is 15.5. The Hall–Kier alpha value is -2.70. The number of amides is 2. The molecule has 132 valence electrons. The molecule has 2 aromatic rings. The molecule has 25 heavy (non-hydrogen) atoms. The van der Waals surface area contributed by atoms with Crippen molar-refractivity contribution in [2.75, 3.05) is 13.1 Å². The molecule has 1 aliphatic heterocycles. The van der Waals surface area contributed by atoms with Crippen LogP contribution in [-0.4, -0.2) is 39.4 Å². The van der Waals surface area contributed by atoms with Gasteiger partial charge in [-0.05, 0) is 38.8 Å². The molecule has 0 unspecified atom stereocenters. The van der Waals surface area contributed by atoms with Crippen LogP contribution in [0.15, 0.2) is 23.1 Å². The summed E-state index contributed by atoms with van der Waals surface area (Å²) in [6, 6.07) is 3.50. The number of pyridine rings is 2. The number of hydrogen-bond acceptors (Lipinski definition) is 4. The number of likely N-dealkylation sites (tertiary alicyclic amines) is 1. The zero-order valence-electron chi connectivity index (χ0n) is 14.5. The summed E-state index contributed by atoms with van der Waals surface area (Å²) < 4.78 is 1.83. The van der Waals surface area contributed by atoms with E-state index in [4.69, 9.17) is 5.73 Å². The highest BCUT2D eigenvalue weighted by Gasteiger charge is 2.28. The van der Waals surface area contributed by atoms with Crippen molar-refractivity contribution < 1.29 is 9.59 Å². The predicted octanol–water partition coefficient (Wildman–Crippen LogP) is 1.06. The Labute approximate surface area is 145 Å². The molecule has 2 amide bonds. The lowest BCUT2D eigenvalue weighted by Crippen LogP contribution is -2.43. The number of nitrogens with two attached hydrogens (primary N) is 1. The van der Waals surface area contributed by atoms with Gasteiger partial charge in [-0.25, -0.2) is 4.98 Å². The van der Waals surface area contributed by atoms with Crippen LogP contribution < -0.4 is 11.2 Å². The van der Waals surface area contributed by atoms with Crippen molar-refractivity contribution in [3.8, 4) is 0 Å². The van der Waals surface area contributed by atoms with Crippen molar-refractivity contribution in [3.63, 3.8) is 0 Å². The second-order valence-electron chi connectivity index (χ2n) is 6.45. The van der Waals surface area contributed by atoms with E-state index in [1.165, 1.54) is 0 Å². The molecule has 7 heteroatoms. The summed E-state index contributed by atoms with van der Waals surface area (Å²) >= 11 is 0. The maximum atomic E-state index is 12.9. The Balaban J connectivity index is 1.97. The Morgan fingerprint density at radius 2 is 1.96 bits per heavy atom. The summed E-state index contributed by atoms with van der Waals surface area (Å²) in [6.07, 6.45) is 2.67. The van der Waals surface area contributed by atoms with Crippen molar-refractivity contribution in [1.82, 2.24) is 14.5 Å². The lowest BCUT2D eigenvalue weighted by Gasteiger charge is -2.30. The van der Waals surface area contributed by atoms with Crippen LogP contribution in [0.2, 0.25) is 0 Å². The summed E-state index contributed by atoms with van der Waals surface area (Å²) in [5, 5.41) is 0.449. The van der Waals surface area contributed by atoms with Gasteiger partial charge in [0.05, 0.1) is 5.39 Å². The van der Waals surface area contributed by atoms with Crippen molar-refractivity contribution in [3.05, 3.63) is 39.8 Å². The number of primary amides is 1. The summed E-state index contributed by atoms with van der Waals surface area (Å²) in [5.41, 5.74) is 6.60. The monoisotopic (exact) mass is 342 g/mol.